The highest BCUT2D eigenvalue weighted by molar-refractivity contribution is 5.83. The molecular formula is C10H18N2O3. The molecule has 0 unspecified atom stereocenters. The second-order valence-electron chi connectivity index (χ2n) is 3.81. The van der Waals surface area contributed by atoms with Gasteiger partial charge >= 0.3 is 0 Å². The van der Waals surface area contributed by atoms with Gasteiger partial charge in [0.25, 0.3) is 0 Å². The maximum atomic E-state index is 11.7. The van der Waals surface area contributed by atoms with E-state index >= 15 is 0 Å². The maximum Gasteiger partial charge on any atom is 0.242 e. The van der Waals surface area contributed by atoms with E-state index in [0.717, 1.165) is 19.3 Å². The van der Waals surface area contributed by atoms with Crippen molar-refractivity contribution in [3.05, 3.63) is 0 Å². The number of carbonyl (C=O) groups excluding carboxylic acids is 2. The lowest BCUT2D eigenvalue weighted by atomic mass is 9.91. The normalized spacial score (nSPS) is 15.6. The first-order valence-corrected chi connectivity index (χ1v) is 5.30. The molecule has 1 fully saturated rings. The van der Waals surface area contributed by atoms with Crippen LogP contribution in [0.25, 0.3) is 0 Å². The predicted octanol–water partition coefficient (Wildman–Crippen LogP) is -0.504. The summed E-state index contributed by atoms with van der Waals surface area (Å²) < 4.78 is 0. The lowest BCUT2D eigenvalue weighted by Gasteiger charge is -2.37. The monoisotopic (exact) mass is 214 g/mol. The number of hydrogen-bond acceptors (Lipinski definition) is 3. The Morgan fingerprint density at radius 1 is 1.47 bits per heavy atom. The Morgan fingerprint density at radius 2 is 2.13 bits per heavy atom. The molecule has 1 rings (SSSR count). The maximum absolute atomic E-state index is 11.7. The molecule has 0 bridgehead atoms. The fourth-order valence-electron chi connectivity index (χ4n) is 1.62. The molecule has 1 aliphatic carbocycles. The number of aliphatic hydroxyl groups is 1. The number of carbonyl (C=O) groups is 2. The third-order valence-corrected chi connectivity index (χ3v) is 2.67. The van der Waals surface area contributed by atoms with Crippen molar-refractivity contribution in [2.45, 2.75) is 32.2 Å². The summed E-state index contributed by atoms with van der Waals surface area (Å²) in [5, 5.41) is 11.3. The summed E-state index contributed by atoms with van der Waals surface area (Å²) in [4.78, 5) is 24.0. The zero-order valence-electron chi connectivity index (χ0n) is 9.03. The molecule has 0 atom stereocenters. The summed E-state index contributed by atoms with van der Waals surface area (Å²) in [6.45, 7) is 1.75. The Bertz CT molecular complexity index is 239. The average Bonchev–Trinajstić information content (AvgIpc) is 2.10. The Kier molecular flexibility index (Phi) is 4.55. The summed E-state index contributed by atoms with van der Waals surface area (Å²) in [7, 11) is 0. The minimum absolute atomic E-state index is 0.0255. The quantitative estimate of drug-likeness (QED) is 0.648. The van der Waals surface area contributed by atoms with E-state index < -0.39 is 0 Å². The van der Waals surface area contributed by atoms with E-state index in [9.17, 15) is 9.59 Å². The second kappa shape index (κ2) is 5.70. The standard InChI is InChI=1S/C10H18N2O3/c1-8(14)11-7-10(15)12(5-6-13)9-3-2-4-9/h9,13H,2-7H2,1H3,(H,11,14). The van der Waals surface area contributed by atoms with Gasteiger partial charge in [0.2, 0.25) is 11.8 Å². The Labute approximate surface area is 89.4 Å². The lowest BCUT2D eigenvalue weighted by Crippen LogP contribution is -2.49. The first kappa shape index (κ1) is 12.0. The highest BCUT2D eigenvalue weighted by Crippen LogP contribution is 2.24. The van der Waals surface area contributed by atoms with Crippen molar-refractivity contribution in [2.24, 2.45) is 0 Å². The molecule has 0 aliphatic heterocycles. The van der Waals surface area contributed by atoms with E-state index in [1.807, 2.05) is 0 Å². The highest BCUT2D eigenvalue weighted by atomic mass is 16.3. The van der Waals surface area contributed by atoms with Crippen LogP contribution in [-0.4, -0.2) is 47.6 Å². The molecule has 0 aromatic rings. The van der Waals surface area contributed by atoms with Crippen LogP contribution in [-0.2, 0) is 9.59 Å². The molecule has 5 nitrogen and oxygen atoms in total. The number of aliphatic hydroxyl groups excluding tert-OH is 1. The number of rotatable bonds is 5. The molecule has 1 saturated carbocycles. The Balaban J connectivity index is 2.39. The minimum Gasteiger partial charge on any atom is -0.395 e. The molecule has 0 saturated heterocycles. The van der Waals surface area contributed by atoms with E-state index in [0.29, 0.717) is 6.54 Å². The van der Waals surface area contributed by atoms with Gasteiger partial charge in [-0.3, -0.25) is 9.59 Å². The van der Waals surface area contributed by atoms with Crippen LogP contribution in [0.3, 0.4) is 0 Å². The fourth-order valence-corrected chi connectivity index (χ4v) is 1.62. The molecule has 2 amide bonds. The molecule has 15 heavy (non-hydrogen) atoms. The van der Waals surface area contributed by atoms with Gasteiger partial charge in [-0.25, -0.2) is 0 Å². The first-order valence-electron chi connectivity index (χ1n) is 5.30. The van der Waals surface area contributed by atoms with Crippen molar-refractivity contribution in [1.82, 2.24) is 10.2 Å². The molecule has 0 aromatic carbocycles. The molecule has 1 aliphatic rings. The summed E-state index contributed by atoms with van der Waals surface area (Å²) in [6, 6.07) is 0.262. The summed E-state index contributed by atoms with van der Waals surface area (Å²) in [5.41, 5.74) is 0. The molecular weight excluding hydrogens is 196 g/mol. The van der Waals surface area contributed by atoms with E-state index in [4.69, 9.17) is 5.11 Å². The fraction of sp³-hybridized carbons (Fsp3) is 0.800. The van der Waals surface area contributed by atoms with Crippen LogP contribution in [0.5, 0.6) is 0 Å². The zero-order valence-corrected chi connectivity index (χ0v) is 9.03. The molecule has 2 N–H and O–H groups in total. The third-order valence-electron chi connectivity index (χ3n) is 2.67. The molecule has 0 radical (unpaired) electrons. The topological polar surface area (TPSA) is 69.6 Å². The van der Waals surface area contributed by atoms with Crippen molar-refractivity contribution >= 4 is 11.8 Å². The van der Waals surface area contributed by atoms with Crippen LogP contribution in [0.15, 0.2) is 0 Å². The summed E-state index contributed by atoms with van der Waals surface area (Å²) >= 11 is 0. The third kappa shape index (κ3) is 3.51. The van der Waals surface area contributed by atoms with E-state index in [-0.39, 0.29) is 31.0 Å². The first-order chi connectivity index (χ1) is 7.15. The summed E-state index contributed by atoms with van der Waals surface area (Å²) in [5.74, 6) is -0.315. The number of amides is 2. The number of hydrogen-bond donors (Lipinski definition) is 2. The van der Waals surface area contributed by atoms with Crippen molar-refractivity contribution in [2.75, 3.05) is 19.7 Å². The molecule has 0 aromatic heterocycles. The summed E-state index contributed by atoms with van der Waals surface area (Å²) in [6.07, 6.45) is 3.15. The van der Waals surface area contributed by atoms with Gasteiger partial charge in [0.15, 0.2) is 0 Å². The van der Waals surface area contributed by atoms with Gasteiger partial charge < -0.3 is 15.3 Å². The van der Waals surface area contributed by atoms with E-state index in [2.05, 4.69) is 5.32 Å². The van der Waals surface area contributed by atoms with Crippen LogP contribution in [0.2, 0.25) is 0 Å². The predicted molar refractivity (Wildman–Crippen MR) is 55.1 cm³/mol. The van der Waals surface area contributed by atoms with Crippen LogP contribution in [0, 0.1) is 0 Å². The number of nitrogens with zero attached hydrogens (tertiary/aromatic N) is 1. The van der Waals surface area contributed by atoms with Crippen LogP contribution >= 0.6 is 0 Å². The van der Waals surface area contributed by atoms with Crippen molar-refractivity contribution in [3.8, 4) is 0 Å². The van der Waals surface area contributed by atoms with Gasteiger partial charge in [-0.2, -0.15) is 0 Å². The van der Waals surface area contributed by atoms with Gasteiger partial charge in [0.05, 0.1) is 13.2 Å². The average molecular weight is 214 g/mol. The molecule has 0 heterocycles. The zero-order chi connectivity index (χ0) is 11.3. The van der Waals surface area contributed by atoms with Crippen molar-refractivity contribution in [1.29, 1.82) is 0 Å². The largest absolute Gasteiger partial charge is 0.395 e. The van der Waals surface area contributed by atoms with Gasteiger partial charge in [-0.15, -0.1) is 0 Å². The molecule has 86 valence electrons. The van der Waals surface area contributed by atoms with Crippen LogP contribution in [0.4, 0.5) is 0 Å². The van der Waals surface area contributed by atoms with E-state index in [1.54, 1.807) is 4.90 Å². The van der Waals surface area contributed by atoms with Crippen LogP contribution in [0.1, 0.15) is 26.2 Å². The van der Waals surface area contributed by atoms with Gasteiger partial charge in [0, 0.05) is 19.5 Å². The SMILES string of the molecule is CC(=O)NCC(=O)N(CCO)C1CCC1. The smallest absolute Gasteiger partial charge is 0.242 e. The number of nitrogens with one attached hydrogen (secondary N) is 1. The van der Waals surface area contributed by atoms with Crippen molar-refractivity contribution in [3.63, 3.8) is 0 Å². The molecule has 5 heteroatoms. The molecule has 0 spiro atoms. The Hall–Kier alpha value is -1.10. The lowest BCUT2D eigenvalue weighted by molar-refractivity contribution is -0.136. The second-order valence-corrected chi connectivity index (χ2v) is 3.81. The van der Waals surface area contributed by atoms with Crippen LogP contribution < -0.4 is 5.32 Å². The van der Waals surface area contributed by atoms with E-state index in [1.165, 1.54) is 6.92 Å². The van der Waals surface area contributed by atoms with Gasteiger partial charge in [-0.05, 0) is 19.3 Å². The Morgan fingerprint density at radius 3 is 2.53 bits per heavy atom. The van der Waals surface area contributed by atoms with Gasteiger partial charge in [0.1, 0.15) is 0 Å². The highest BCUT2D eigenvalue weighted by Gasteiger charge is 2.27. The minimum atomic E-state index is -0.207. The van der Waals surface area contributed by atoms with Gasteiger partial charge in [-0.1, -0.05) is 0 Å². The van der Waals surface area contributed by atoms with Crippen molar-refractivity contribution < 1.29 is 14.7 Å².